The summed E-state index contributed by atoms with van der Waals surface area (Å²) in [4.78, 5) is 12.5. The van der Waals surface area contributed by atoms with Gasteiger partial charge < -0.3 is 5.32 Å². The third-order valence-electron chi connectivity index (χ3n) is 4.37. The number of rotatable bonds is 5. The zero-order valence-corrected chi connectivity index (χ0v) is 14.9. The van der Waals surface area contributed by atoms with E-state index in [1.54, 1.807) is 4.68 Å². The third kappa shape index (κ3) is 3.79. The summed E-state index contributed by atoms with van der Waals surface area (Å²) in [6, 6.07) is 21.8. The SMILES string of the molecule is Cc1cc(C(=O)NCC(C)(C)c2ccccc2)nn1-c1ccccc1. The summed E-state index contributed by atoms with van der Waals surface area (Å²) < 4.78 is 1.79. The third-order valence-corrected chi connectivity index (χ3v) is 4.37. The molecule has 4 nitrogen and oxygen atoms in total. The molecule has 3 aromatic rings. The smallest absolute Gasteiger partial charge is 0.271 e. The summed E-state index contributed by atoms with van der Waals surface area (Å²) >= 11 is 0. The highest BCUT2D eigenvalue weighted by Crippen LogP contribution is 2.22. The van der Waals surface area contributed by atoms with Crippen molar-refractivity contribution in [1.82, 2.24) is 15.1 Å². The molecule has 0 bridgehead atoms. The van der Waals surface area contributed by atoms with Gasteiger partial charge in [-0.05, 0) is 30.7 Å². The van der Waals surface area contributed by atoms with Crippen LogP contribution >= 0.6 is 0 Å². The van der Waals surface area contributed by atoms with Crippen LogP contribution in [0.5, 0.6) is 0 Å². The van der Waals surface area contributed by atoms with E-state index in [1.807, 2.05) is 61.5 Å². The van der Waals surface area contributed by atoms with Crippen LogP contribution in [0.2, 0.25) is 0 Å². The summed E-state index contributed by atoms with van der Waals surface area (Å²) in [6.07, 6.45) is 0. The van der Waals surface area contributed by atoms with E-state index in [0.29, 0.717) is 12.2 Å². The number of para-hydroxylation sites is 1. The molecule has 0 aliphatic rings. The molecule has 0 unspecified atom stereocenters. The number of carbonyl (C=O) groups excluding carboxylic acids is 1. The van der Waals surface area contributed by atoms with Crippen molar-refractivity contribution in [3.05, 3.63) is 83.7 Å². The lowest BCUT2D eigenvalue weighted by atomic mass is 9.84. The molecule has 0 aliphatic carbocycles. The van der Waals surface area contributed by atoms with Crippen molar-refractivity contribution in [2.75, 3.05) is 6.54 Å². The Morgan fingerprint density at radius 2 is 1.64 bits per heavy atom. The van der Waals surface area contributed by atoms with E-state index in [4.69, 9.17) is 0 Å². The van der Waals surface area contributed by atoms with Crippen LogP contribution in [0, 0.1) is 6.92 Å². The summed E-state index contributed by atoms with van der Waals surface area (Å²) in [5.74, 6) is -0.151. The fourth-order valence-electron chi connectivity index (χ4n) is 2.80. The number of carbonyl (C=O) groups is 1. The second kappa shape index (κ2) is 6.93. The topological polar surface area (TPSA) is 46.9 Å². The van der Waals surface area contributed by atoms with Gasteiger partial charge in [0.25, 0.3) is 5.91 Å². The number of amides is 1. The Kier molecular flexibility index (Phi) is 4.70. The normalized spacial score (nSPS) is 11.3. The number of benzene rings is 2. The van der Waals surface area contributed by atoms with Crippen LogP contribution in [0.15, 0.2) is 66.7 Å². The second-order valence-electron chi connectivity index (χ2n) is 6.85. The van der Waals surface area contributed by atoms with Crippen LogP contribution in [0.4, 0.5) is 0 Å². The van der Waals surface area contributed by atoms with Gasteiger partial charge in [0, 0.05) is 17.7 Å². The van der Waals surface area contributed by atoms with Crippen LogP contribution < -0.4 is 5.32 Å². The first kappa shape index (κ1) is 17.0. The molecule has 0 spiro atoms. The van der Waals surface area contributed by atoms with E-state index < -0.39 is 0 Å². The summed E-state index contributed by atoms with van der Waals surface area (Å²) in [7, 11) is 0. The number of hydrogen-bond donors (Lipinski definition) is 1. The predicted octanol–water partition coefficient (Wildman–Crippen LogP) is 3.89. The molecular weight excluding hydrogens is 310 g/mol. The maximum atomic E-state index is 12.5. The highest BCUT2D eigenvalue weighted by molar-refractivity contribution is 5.92. The van der Waals surface area contributed by atoms with Gasteiger partial charge in [-0.3, -0.25) is 4.79 Å². The van der Waals surface area contributed by atoms with Gasteiger partial charge in [-0.15, -0.1) is 0 Å². The first-order valence-corrected chi connectivity index (χ1v) is 8.43. The van der Waals surface area contributed by atoms with Gasteiger partial charge in [0.1, 0.15) is 0 Å². The summed E-state index contributed by atoms with van der Waals surface area (Å²) in [5, 5.41) is 7.47. The van der Waals surface area contributed by atoms with E-state index in [-0.39, 0.29) is 11.3 Å². The van der Waals surface area contributed by atoms with E-state index >= 15 is 0 Å². The van der Waals surface area contributed by atoms with Crippen molar-refractivity contribution >= 4 is 5.91 Å². The zero-order chi connectivity index (χ0) is 17.9. The van der Waals surface area contributed by atoms with E-state index in [2.05, 4.69) is 36.4 Å². The first-order chi connectivity index (χ1) is 12.0. The molecule has 1 N–H and O–H groups in total. The number of nitrogens with one attached hydrogen (secondary N) is 1. The molecule has 1 aromatic heterocycles. The molecule has 0 saturated heterocycles. The van der Waals surface area contributed by atoms with Crippen molar-refractivity contribution in [1.29, 1.82) is 0 Å². The summed E-state index contributed by atoms with van der Waals surface area (Å²) in [5.41, 5.74) is 3.36. The predicted molar refractivity (Wildman–Crippen MR) is 100 cm³/mol. The van der Waals surface area contributed by atoms with Crippen LogP contribution in [-0.2, 0) is 5.41 Å². The summed E-state index contributed by atoms with van der Waals surface area (Å²) in [6.45, 7) is 6.74. The molecular formula is C21H23N3O. The average Bonchev–Trinajstić information content (AvgIpc) is 3.03. The van der Waals surface area contributed by atoms with Gasteiger partial charge in [-0.25, -0.2) is 4.68 Å². The largest absolute Gasteiger partial charge is 0.350 e. The Morgan fingerprint density at radius 1 is 1.04 bits per heavy atom. The monoisotopic (exact) mass is 333 g/mol. The highest BCUT2D eigenvalue weighted by Gasteiger charge is 2.22. The van der Waals surface area contributed by atoms with Gasteiger partial charge in [0.05, 0.1) is 5.69 Å². The van der Waals surface area contributed by atoms with Crippen LogP contribution in [0.3, 0.4) is 0 Å². The van der Waals surface area contributed by atoms with Gasteiger partial charge in [0.2, 0.25) is 0 Å². The molecule has 0 aliphatic heterocycles. The van der Waals surface area contributed by atoms with E-state index in [9.17, 15) is 4.79 Å². The average molecular weight is 333 g/mol. The number of hydrogen-bond acceptors (Lipinski definition) is 2. The molecule has 0 saturated carbocycles. The van der Waals surface area contributed by atoms with E-state index in [1.165, 1.54) is 5.56 Å². The molecule has 1 heterocycles. The van der Waals surface area contributed by atoms with Gasteiger partial charge in [-0.1, -0.05) is 62.4 Å². The van der Waals surface area contributed by atoms with E-state index in [0.717, 1.165) is 11.4 Å². The molecule has 2 aromatic carbocycles. The molecule has 128 valence electrons. The lowest BCUT2D eigenvalue weighted by Gasteiger charge is -2.25. The Balaban J connectivity index is 1.72. The fourth-order valence-corrected chi connectivity index (χ4v) is 2.80. The van der Waals surface area contributed by atoms with Crippen molar-refractivity contribution in [3.8, 4) is 5.69 Å². The van der Waals surface area contributed by atoms with Crippen molar-refractivity contribution in [2.24, 2.45) is 0 Å². The zero-order valence-electron chi connectivity index (χ0n) is 14.9. The Hall–Kier alpha value is -2.88. The number of nitrogens with zero attached hydrogens (tertiary/aromatic N) is 2. The molecule has 0 radical (unpaired) electrons. The molecule has 4 heteroatoms. The molecule has 25 heavy (non-hydrogen) atoms. The van der Waals surface area contributed by atoms with Crippen molar-refractivity contribution < 1.29 is 4.79 Å². The standard InChI is InChI=1S/C21H23N3O/c1-16-14-19(23-24(16)18-12-8-5-9-13-18)20(25)22-15-21(2,3)17-10-6-4-7-11-17/h4-14H,15H2,1-3H3,(H,22,25). The number of aryl methyl sites for hydroxylation is 1. The van der Waals surface area contributed by atoms with Crippen molar-refractivity contribution in [3.63, 3.8) is 0 Å². The lowest BCUT2D eigenvalue weighted by molar-refractivity contribution is 0.0940. The Bertz CT molecular complexity index is 851. The maximum absolute atomic E-state index is 12.5. The minimum Gasteiger partial charge on any atom is -0.350 e. The van der Waals surface area contributed by atoms with Crippen LogP contribution in [0.1, 0.15) is 35.6 Å². The number of aromatic nitrogens is 2. The minimum absolute atomic E-state index is 0.145. The second-order valence-corrected chi connectivity index (χ2v) is 6.85. The molecule has 0 atom stereocenters. The maximum Gasteiger partial charge on any atom is 0.271 e. The van der Waals surface area contributed by atoms with Gasteiger partial charge in [-0.2, -0.15) is 5.10 Å². The Labute approximate surface area is 148 Å². The lowest BCUT2D eigenvalue weighted by Crippen LogP contribution is -2.36. The molecule has 1 amide bonds. The minimum atomic E-state index is -0.151. The van der Waals surface area contributed by atoms with Crippen LogP contribution in [0.25, 0.3) is 5.69 Å². The van der Waals surface area contributed by atoms with Crippen LogP contribution in [-0.4, -0.2) is 22.2 Å². The molecule has 0 fully saturated rings. The first-order valence-electron chi connectivity index (χ1n) is 8.43. The van der Waals surface area contributed by atoms with Gasteiger partial charge in [0.15, 0.2) is 5.69 Å². The highest BCUT2D eigenvalue weighted by atomic mass is 16.1. The fraction of sp³-hybridized carbons (Fsp3) is 0.238. The Morgan fingerprint density at radius 3 is 2.28 bits per heavy atom. The quantitative estimate of drug-likeness (QED) is 0.770. The van der Waals surface area contributed by atoms with Gasteiger partial charge >= 0.3 is 0 Å². The molecule has 3 rings (SSSR count). The van der Waals surface area contributed by atoms with Crippen molar-refractivity contribution in [2.45, 2.75) is 26.2 Å².